The Morgan fingerprint density at radius 3 is 1.65 bits per heavy atom. The monoisotopic (exact) mass is 301 g/mol. The van der Waals surface area contributed by atoms with Crippen molar-refractivity contribution < 1.29 is 4.92 Å². The molecule has 0 aliphatic rings. The van der Waals surface area contributed by atoms with Crippen LogP contribution >= 0.6 is 0 Å². The van der Waals surface area contributed by atoms with Crippen LogP contribution in [0.5, 0.6) is 0 Å². The highest BCUT2D eigenvalue weighted by molar-refractivity contribution is 5.72. The quantitative estimate of drug-likeness (QED) is 0.366. The van der Waals surface area contributed by atoms with Gasteiger partial charge in [0.15, 0.2) is 0 Å². The van der Waals surface area contributed by atoms with Gasteiger partial charge in [-0.15, -0.1) is 0 Å². The van der Waals surface area contributed by atoms with Gasteiger partial charge in [0.2, 0.25) is 0 Å². The maximum atomic E-state index is 10.6. The molecule has 0 aromatic heterocycles. The van der Waals surface area contributed by atoms with Crippen molar-refractivity contribution in [2.45, 2.75) is 0 Å². The van der Waals surface area contributed by atoms with Crippen molar-refractivity contribution >= 4 is 17.8 Å². The van der Waals surface area contributed by atoms with E-state index in [1.807, 2.05) is 30.4 Å². The number of nitrogens with zero attached hydrogens (tertiary/aromatic N) is 1. The molecule has 112 valence electrons. The first-order valence-corrected chi connectivity index (χ1v) is 7.30. The van der Waals surface area contributed by atoms with Crippen molar-refractivity contribution in [3.05, 3.63) is 100 Å². The molecule has 0 bridgehead atoms. The van der Waals surface area contributed by atoms with Gasteiger partial charge in [-0.3, -0.25) is 10.1 Å². The number of non-ortho nitro benzene ring substituents is 1. The zero-order chi connectivity index (χ0) is 16.1. The predicted octanol–water partition coefficient (Wildman–Crippen LogP) is 5.43. The largest absolute Gasteiger partial charge is 0.269 e. The minimum absolute atomic E-state index is 0.106. The van der Waals surface area contributed by atoms with Crippen LogP contribution in [-0.4, -0.2) is 4.92 Å². The van der Waals surface area contributed by atoms with Gasteiger partial charge < -0.3 is 0 Å². The third kappa shape index (κ3) is 3.71. The molecule has 3 rings (SSSR count). The summed E-state index contributed by atoms with van der Waals surface area (Å²) in [4.78, 5) is 10.2. The van der Waals surface area contributed by atoms with E-state index in [4.69, 9.17) is 0 Å². The molecule has 0 radical (unpaired) electrons. The van der Waals surface area contributed by atoms with Gasteiger partial charge in [-0.05, 0) is 34.4 Å². The van der Waals surface area contributed by atoms with E-state index in [0.717, 1.165) is 11.1 Å². The molecular formula is C20H15NO2. The molecule has 0 spiro atoms. The molecule has 0 unspecified atom stereocenters. The van der Waals surface area contributed by atoms with Gasteiger partial charge in [0.1, 0.15) is 0 Å². The number of benzene rings is 3. The van der Waals surface area contributed by atoms with Crippen molar-refractivity contribution in [1.29, 1.82) is 0 Å². The fraction of sp³-hybridized carbons (Fsp3) is 0. The van der Waals surface area contributed by atoms with E-state index in [1.165, 1.54) is 23.3 Å². The van der Waals surface area contributed by atoms with Gasteiger partial charge in [0, 0.05) is 12.1 Å². The topological polar surface area (TPSA) is 43.1 Å². The zero-order valence-corrected chi connectivity index (χ0v) is 12.4. The Kier molecular flexibility index (Phi) is 4.29. The number of rotatable bonds is 4. The molecule has 3 nitrogen and oxygen atoms in total. The standard InChI is InChI=1S/C20H15NO2/c22-21(23)20-14-10-17(11-15-20)7-6-16-8-12-19(13-9-16)18-4-2-1-3-5-18/h1-15H/b7-6+. The first-order valence-electron chi connectivity index (χ1n) is 7.30. The van der Waals surface area contributed by atoms with Crippen molar-refractivity contribution in [2.24, 2.45) is 0 Å². The molecule has 0 fully saturated rings. The van der Waals surface area contributed by atoms with Crippen LogP contribution in [0.4, 0.5) is 5.69 Å². The molecule has 0 saturated carbocycles. The normalized spacial score (nSPS) is 10.8. The lowest BCUT2D eigenvalue weighted by Crippen LogP contribution is -1.86. The summed E-state index contributed by atoms with van der Waals surface area (Å²) in [5.74, 6) is 0. The van der Waals surface area contributed by atoms with Crippen molar-refractivity contribution in [2.75, 3.05) is 0 Å². The molecule has 0 aliphatic carbocycles. The number of hydrogen-bond donors (Lipinski definition) is 0. The summed E-state index contributed by atoms with van der Waals surface area (Å²) in [6, 6.07) is 25.0. The lowest BCUT2D eigenvalue weighted by molar-refractivity contribution is -0.384. The lowest BCUT2D eigenvalue weighted by atomic mass is 10.0. The first-order chi connectivity index (χ1) is 11.2. The van der Waals surface area contributed by atoms with E-state index < -0.39 is 4.92 Å². The summed E-state index contributed by atoms with van der Waals surface area (Å²) in [6.45, 7) is 0. The van der Waals surface area contributed by atoms with E-state index in [0.29, 0.717) is 0 Å². The SMILES string of the molecule is O=[N+]([O-])c1ccc(/C=C/c2ccc(-c3ccccc3)cc2)cc1. The van der Waals surface area contributed by atoms with Crippen LogP contribution in [0.3, 0.4) is 0 Å². The van der Waals surface area contributed by atoms with Crippen LogP contribution < -0.4 is 0 Å². The summed E-state index contributed by atoms with van der Waals surface area (Å²) >= 11 is 0. The molecule has 3 aromatic rings. The molecule has 3 aromatic carbocycles. The summed E-state index contributed by atoms with van der Waals surface area (Å²) < 4.78 is 0. The van der Waals surface area contributed by atoms with Crippen LogP contribution in [-0.2, 0) is 0 Å². The van der Waals surface area contributed by atoms with Crippen LogP contribution in [0.25, 0.3) is 23.3 Å². The van der Waals surface area contributed by atoms with Crippen molar-refractivity contribution in [3.63, 3.8) is 0 Å². The van der Waals surface area contributed by atoms with Crippen molar-refractivity contribution in [3.8, 4) is 11.1 Å². The summed E-state index contributed by atoms with van der Waals surface area (Å²) in [7, 11) is 0. The van der Waals surface area contributed by atoms with Gasteiger partial charge >= 0.3 is 0 Å². The Hall–Kier alpha value is -3.20. The van der Waals surface area contributed by atoms with Crippen molar-refractivity contribution in [1.82, 2.24) is 0 Å². The number of nitro benzene ring substituents is 1. The molecule has 3 heteroatoms. The van der Waals surface area contributed by atoms with Crippen LogP contribution in [0.2, 0.25) is 0 Å². The Morgan fingerprint density at radius 1 is 0.652 bits per heavy atom. The maximum absolute atomic E-state index is 10.6. The maximum Gasteiger partial charge on any atom is 0.269 e. The molecule has 23 heavy (non-hydrogen) atoms. The summed E-state index contributed by atoms with van der Waals surface area (Å²) in [5, 5.41) is 10.6. The van der Waals surface area contributed by atoms with Crippen LogP contribution in [0.15, 0.2) is 78.9 Å². The Balaban J connectivity index is 1.74. The smallest absolute Gasteiger partial charge is 0.258 e. The van der Waals surface area contributed by atoms with Crippen LogP contribution in [0.1, 0.15) is 11.1 Å². The number of hydrogen-bond acceptors (Lipinski definition) is 2. The molecule has 0 saturated heterocycles. The fourth-order valence-electron chi connectivity index (χ4n) is 2.32. The Bertz CT molecular complexity index is 820. The van der Waals surface area contributed by atoms with E-state index in [9.17, 15) is 10.1 Å². The minimum atomic E-state index is -0.393. The average molecular weight is 301 g/mol. The molecule has 0 atom stereocenters. The first kappa shape index (κ1) is 14.7. The highest BCUT2D eigenvalue weighted by Gasteiger charge is 2.02. The molecule has 0 aliphatic heterocycles. The van der Waals surface area contributed by atoms with E-state index in [2.05, 4.69) is 36.4 Å². The van der Waals surface area contributed by atoms with Gasteiger partial charge in [0.25, 0.3) is 5.69 Å². The second-order valence-electron chi connectivity index (χ2n) is 5.17. The fourth-order valence-corrected chi connectivity index (χ4v) is 2.32. The highest BCUT2D eigenvalue weighted by Crippen LogP contribution is 2.20. The van der Waals surface area contributed by atoms with Gasteiger partial charge in [0.05, 0.1) is 4.92 Å². The average Bonchev–Trinajstić information content (AvgIpc) is 2.61. The number of nitro groups is 1. The molecule has 0 N–H and O–H groups in total. The Labute approximate surface area is 134 Å². The Morgan fingerprint density at radius 2 is 1.13 bits per heavy atom. The van der Waals surface area contributed by atoms with Gasteiger partial charge in [-0.1, -0.05) is 66.7 Å². The van der Waals surface area contributed by atoms with E-state index in [1.54, 1.807) is 12.1 Å². The predicted molar refractivity (Wildman–Crippen MR) is 93.9 cm³/mol. The molecular weight excluding hydrogens is 286 g/mol. The second-order valence-corrected chi connectivity index (χ2v) is 5.17. The van der Waals surface area contributed by atoms with Gasteiger partial charge in [-0.2, -0.15) is 0 Å². The third-order valence-corrected chi connectivity index (χ3v) is 3.59. The second kappa shape index (κ2) is 6.71. The summed E-state index contributed by atoms with van der Waals surface area (Å²) in [6.07, 6.45) is 3.94. The molecule has 0 amide bonds. The third-order valence-electron chi connectivity index (χ3n) is 3.59. The highest BCUT2D eigenvalue weighted by atomic mass is 16.6. The summed E-state index contributed by atoms with van der Waals surface area (Å²) in [5.41, 5.74) is 4.50. The van der Waals surface area contributed by atoms with Crippen LogP contribution in [0, 0.1) is 10.1 Å². The van der Waals surface area contributed by atoms with Gasteiger partial charge in [-0.25, -0.2) is 0 Å². The van der Waals surface area contributed by atoms with E-state index in [-0.39, 0.29) is 5.69 Å². The lowest BCUT2D eigenvalue weighted by Gasteiger charge is -2.02. The minimum Gasteiger partial charge on any atom is -0.258 e. The van der Waals surface area contributed by atoms with E-state index >= 15 is 0 Å². The molecule has 0 heterocycles. The zero-order valence-electron chi connectivity index (χ0n) is 12.4.